The van der Waals surface area contributed by atoms with Crippen molar-refractivity contribution >= 4 is 11.8 Å². The summed E-state index contributed by atoms with van der Waals surface area (Å²) in [6.07, 6.45) is 4.62. The molecular weight excluding hydrogens is 362 g/mol. The number of hydrogen-bond acceptors (Lipinski definition) is 3. The van der Waals surface area contributed by atoms with E-state index in [4.69, 9.17) is 10.5 Å². The molecule has 5 rings (SSSR count). The zero-order valence-electron chi connectivity index (χ0n) is 17.0. The minimum atomic E-state index is 0.0277. The van der Waals surface area contributed by atoms with Crippen molar-refractivity contribution in [2.45, 2.75) is 55.9 Å². The molecule has 1 unspecified atom stereocenters. The molecule has 3 aliphatic rings. The van der Waals surface area contributed by atoms with Crippen molar-refractivity contribution in [2.75, 3.05) is 7.11 Å². The van der Waals surface area contributed by atoms with Gasteiger partial charge in [0.05, 0.1) is 7.11 Å². The zero-order valence-corrected chi connectivity index (χ0v) is 17.8. The second-order valence-corrected chi connectivity index (χ2v) is 10.0. The third-order valence-corrected chi connectivity index (χ3v) is 9.32. The first kappa shape index (κ1) is 18.3. The van der Waals surface area contributed by atoms with Crippen LogP contribution in [0.5, 0.6) is 5.75 Å². The molecule has 4 atom stereocenters. The van der Waals surface area contributed by atoms with Gasteiger partial charge in [0.1, 0.15) is 5.75 Å². The Kier molecular flexibility index (Phi) is 4.19. The molecule has 28 heavy (non-hydrogen) atoms. The van der Waals surface area contributed by atoms with Gasteiger partial charge in [-0.3, -0.25) is 0 Å². The number of fused-ring (bicyclic) bond motifs is 3. The Morgan fingerprint density at radius 2 is 1.89 bits per heavy atom. The highest BCUT2D eigenvalue weighted by Gasteiger charge is 2.65. The Hall–Kier alpha value is -1.71. The summed E-state index contributed by atoms with van der Waals surface area (Å²) >= 11 is 1.97. The molecule has 0 radical (unpaired) electrons. The average molecular weight is 392 g/mol. The van der Waals surface area contributed by atoms with Gasteiger partial charge in [0.15, 0.2) is 0 Å². The number of benzene rings is 2. The van der Waals surface area contributed by atoms with E-state index in [1.165, 1.54) is 34.4 Å². The van der Waals surface area contributed by atoms with Crippen LogP contribution in [0.2, 0.25) is 0 Å². The van der Waals surface area contributed by atoms with Crippen LogP contribution in [0.15, 0.2) is 63.9 Å². The second kappa shape index (κ2) is 6.40. The summed E-state index contributed by atoms with van der Waals surface area (Å²) in [5.41, 5.74) is 11.7. The van der Waals surface area contributed by atoms with E-state index in [1.807, 2.05) is 11.8 Å². The fraction of sp³-hybridized carbons (Fsp3) is 0.440. The Bertz CT molecular complexity index is 952. The van der Waals surface area contributed by atoms with Crippen molar-refractivity contribution in [3.8, 4) is 5.75 Å². The van der Waals surface area contributed by atoms with Gasteiger partial charge >= 0.3 is 0 Å². The fourth-order valence-corrected chi connectivity index (χ4v) is 7.91. The quantitative estimate of drug-likeness (QED) is 0.728. The molecule has 3 aliphatic carbocycles. The van der Waals surface area contributed by atoms with Gasteiger partial charge in [0, 0.05) is 21.8 Å². The predicted octanol–water partition coefficient (Wildman–Crippen LogP) is 5.70. The first-order valence-electron chi connectivity index (χ1n) is 10.4. The molecule has 0 aromatic heterocycles. The summed E-state index contributed by atoms with van der Waals surface area (Å²) in [6.45, 7) is 4.82. The Morgan fingerprint density at radius 3 is 2.64 bits per heavy atom. The van der Waals surface area contributed by atoms with Crippen LogP contribution in [0.4, 0.5) is 0 Å². The highest BCUT2D eigenvalue weighted by atomic mass is 32.2. The first-order valence-corrected chi connectivity index (χ1v) is 11.2. The highest BCUT2D eigenvalue weighted by molar-refractivity contribution is 8.03. The fourth-order valence-electron chi connectivity index (χ4n) is 6.42. The van der Waals surface area contributed by atoms with Gasteiger partial charge in [-0.15, -0.1) is 0 Å². The third kappa shape index (κ3) is 2.26. The van der Waals surface area contributed by atoms with Crippen molar-refractivity contribution in [3.05, 3.63) is 70.1 Å². The van der Waals surface area contributed by atoms with Crippen LogP contribution in [-0.4, -0.2) is 13.2 Å². The van der Waals surface area contributed by atoms with E-state index in [9.17, 15) is 0 Å². The van der Waals surface area contributed by atoms with Crippen molar-refractivity contribution in [3.63, 3.8) is 0 Å². The summed E-state index contributed by atoms with van der Waals surface area (Å²) in [6, 6.07) is 17.7. The van der Waals surface area contributed by atoms with Crippen LogP contribution < -0.4 is 10.5 Å². The van der Waals surface area contributed by atoms with Gasteiger partial charge < -0.3 is 10.5 Å². The van der Waals surface area contributed by atoms with Crippen LogP contribution in [0.1, 0.15) is 44.2 Å². The summed E-state index contributed by atoms with van der Waals surface area (Å²) in [4.78, 5) is 2.87. The Labute approximate surface area is 172 Å². The molecule has 2 nitrogen and oxygen atoms in total. The Balaban J connectivity index is 1.69. The number of rotatable bonds is 3. The van der Waals surface area contributed by atoms with E-state index in [1.54, 1.807) is 12.0 Å². The molecule has 3 heteroatoms. The molecular formula is C25H29NOS. The molecule has 146 valence electrons. The minimum Gasteiger partial charge on any atom is -0.497 e. The summed E-state index contributed by atoms with van der Waals surface area (Å²) in [5, 5.41) is 0. The van der Waals surface area contributed by atoms with Crippen molar-refractivity contribution in [1.82, 2.24) is 0 Å². The molecule has 0 heterocycles. The van der Waals surface area contributed by atoms with E-state index in [2.05, 4.69) is 62.4 Å². The van der Waals surface area contributed by atoms with Crippen LogP contribution >= 0.6 is 11.8 Å². The molecule has 0 saturated heterocycles. The monoisotopic (exact) mass is 391 g/mol. The lowest BCUT2D eigenvalue weighted by atomic mass is 9.48. The van der Waals surface area contributed by atoms with Gasteiger partial charge in [0.2, 0.25) is 0 Å². The number of hydrogen-bond donors (Lipinski definition) is 1. The molecule has 1 spiro atoms. The largest absolute Gasteiger partial charge is 0.497 e. The lowest BCUT2D eigenvalue weighted by Gasteiger charge is -2.58. The van der Waals surface area contributed by atoms with Gasteiger partial charge in [0.25, 0.3) is 0 Å². The molecule has 2 bridgehead atoms. The van der Waals surface area contributed by atoms with Gasteiger partial charge in [-0.25, -0.2) is 0 Å². The first-order chi connectivity index (χ1) is 13.5. The highest BCUT2D eigenvalue weighted by Crippen LogP contribution is 2.70. The number of nitrogens with two attached hydrogens (primary N) is 1. The van der Waals surface area contributed by atoms with E-state index in [-0.39, 0.29) is 16.9 Å². The molecule has 1 saturated carbocycles. The lowest BCUT2D eigenvalue weighted by molar-refractivity contribution is 0.0634. The molecule has 2 N–H and O–H groups in total. The maximum absolute atomic E-state index is 7.09. The Morgan fingerprint density at radius 1 is 1.11 bits per heavy atom. The van der Waals surface area contributed by atoms with Crippen LogP contribution in [0.25, 0.3) is 0 Å². The van der Waals surface area contributed by atoms with Gasteiger partial charge in [-0.1, -0.05) is 48.5 Å². The zero-order chi connectivity index (χ0) is 19.5. The van der Waals surface area contributed by atoms with Crippen molar-refractivity contribution < 1.29 is 4.74 Å². The third-order valence-electron chi connectivity index (χ3n) is 7.93. The van der Waals surface area contributed by atoms with Crippen molar-refractivity contribution in [2.24, 2.45) is 17.1 Å². The van der Waals surface area contributed by atoms with E-state index >= 15 is 0 Å². The maximum Gasteiger partial charge on any atom is 0.119 e. The topological polar surface area (TPSA) is 35.2 Å². The number of thioether (sulfide) groups is 1. The molecule has 0 aliphatic heterocycles. The summed E-state index contributed by atoms with van der Waals surface area (Å²) < 4.78 is 5.60. The molecule has 1 fully saturated rings. The van der Waals surface area contributed by atoms with E-state index in [0.29, 0.717) is 5.92 Å². The smallest absolute Gasteiger partial charge is 0.119 e. The van der Waals surface area contributed by atoms with Gasteiger partial charge in [-0.05, 0) is 78.8 Å². The van der Waals surface area contributed by atoms with Gasteiger partial charge in [-0.2, -0.15) is 0 Å². The standard InChI is InChI=1S/C25H29NOS/c1-16-20-12-13-24(2)21-15-18(27-3)10-9-17(21)11-14-25(24,22(20)26)23(16)28-19-7-5-4-6-8-19/h4-10,15,20,22H,11-14,26H2,1-3H3/t20-,22?,24+,25-/m1/s1. The number of methoxy groups -OCH3 is 1. The number of aryl methyl sites for hydroxylation is 1. The summed E-state index contributed by atoms with van der Waals surface area (Å²) in [5.74, 6) is 1.48. The lowest BCUT2D eigenvalue weighted by Crippen LogP contribution is -2.60. The molecule has 0 amide bonds. The van der Waals surface area contributed by atoms with E-state index < -0.39 is 0 Å². The minimum absolute atomic E-state index is 0.0277. The second-order valence-electron chi connectivity index (χ2n) is 8.92. The average Bonchev–Trinajstić information content (AvgIpc) is 2.85. The van der Waals surface area contributed by atoms with Crippen molar-refractivity contribution in [1.29, 1.82) is 0 Å². The predicted molar refractivity (Wildman–Crippen MR) is 117 cm³/mol. The maximum atomic E-state index is 7.09. The van der Waals surface area contributed by atoms with Crippen LogP contribution in [0.3, 0.4) is 0 Å². The van der Waals surface area contributed by atoms with Crippen LogP contribution in [-0.2, 0) is 11.8 Å². The normalized spacial score (nSPS) is 33.4. The summed E-state index contributed by atoms with van der Waals surface area (Å²) in [7, 11) is 1.77. The van der Waals surface area contributed by atoms with Crippen LogP contribution in [0, 0.1) is 11.3 Å². The molecule has 2 aromatic rings. The SMILES string of the molecule is COc1ccc2c(c1)[C@]1(C)CC[C@@H]3C(C)=C(Sc4ccccc4)[C@@]1(CC2)C3N. The molecule has 2 aromatic carbocycles. The number of ether oxygens (including phenoxy) is 1. The van der Waals surface area contributed by atoms with E-state index in [0.717, 1.165) is 18.6 Å².